The molecule has 4 aromatic carbocycles. The van der Waals surface area contributed by atoms with Gasteiger partial charge in [-0.1, -0.05) is 80.6 Å². The molecule has 152 valence electrons. The molecule has 0 fully saturated rings. The number of nitrogens with one attached hydrogen (secondary N) is 1. The fourth-order valence-corrected chi connectivity index (χ4v) is 5.62. The van der Waals surface area contributed by atoms with Crippen LogP contribution in [-0.2, 0) is 18.3 Å². The van der Waals surface area contributed by atoms with Gasteiger partial charge in [0.2, 0.25) is 0 Å². The molecule has 0 spiro atoms. The Kier molecular flexibility index (Phi) is 4.08. The molecular formula is C30H27N. The average Bonchev–Trinajstić information content (AvgIpc) is 2.91. The van der Waals surface area contributed by atoms with Crippen molar-refractivity contribution in [2.75, 3.05) is 5.32 Å². The highest BCUT2D eigenvalue weighted by atomic mass is 14.9. The van der Waals surface area contributed by atoms with Crippen LogP contribution in [0.2, 0.25) is 0 Å². The maximum absolute atomic E-state index is 3.79. The third-order valence-electron chi connectivity index (χ3n) is 7.19. The fourth-order valence-electron chi connectivity index (χ4n) is 5.62. The van der Waals surface area contributed by atoms with E-state index >= 15 is 0 Å². The normalized spacial score (nSPS) is 15.3. The summed E-state index contributed by atoms with van der Waals surface area (Å²) < 4.78 is 0. The van der Waals surface area contributed by atoms with Gasteiger partial charge in [0.25, 0.3) is 0 Å². The molecule has 0 unspecified atom stereocenters. The van der Waals surface area contributed by atoms with E-state index in [1.165, 1.54) is 56.6 Å². The lowest BCUT2D eigenvalue weighted by atomic mass is 9.82. The lowest BCUT2D eigenvalue weighted by molar-refractivity contribution is 0.660. The highest BCUT2D eigenvalue weighted by molar-refractivity contribution is 5.87. The van der Waals surface area contributed by atoms with Crippen molar-refractivity contribution >= 4 is 11.4 Å². The molecule has 2 aliphatic carbocycles. The van der Waals surface area contributed by atoms with E-state index in [0.717, 1.165) is 18.5 Å². The number of anilines is 2. The maximum atomic E-state index is 3.79. The largest absolute Gasteiger partial charge is 0.355 e. The number of hydrogen-bond acceptors (Lipinski definition) is 1. The Morgan fingerprint density at radius 2 is 1.35 bits per heavy atom. The molecule has 0 amide bonds. The molecule has 0 heterocycles. The van der Waals surface area contributed by atoms with Crippen molar-refractivity contribution in [1.29, 1.82) is 0 Å². The molecule has 0 bridgehead atoms. The van der Waals surface area contributed by atoms with E-state index in [9.17, 15) is 0 Å². The molecule has 1 heteroatoms. The smallest absolute Gasteiger partial charge is 0.0466 e. The first kappa shape index (κ1) is 18.4. The second-order valence-electron chi connectivity index (χ2n) is 9.41. The van der Waals surface area contributed by atoms with Crippen LogP contribution >= 0.6 is 0 Å². The summed E-state index contributed by atoms with van der Waals surface area (Å²) in [7, 11) is 0. The first-order valence-electron chi connectivity index (χ1n) is 11.3. The lowest BCUT2D eigenvalue weighted by Crippen LogP contribution is -2.15. The fraction of sp³-hybridized carbons (Fsp3) is 0.200. The molecular weight excluding hydrogens is 374 g/mol. The summed E-state index contributed by atoms with van der Waals surface area (Å²) in [6.07, 6.45) is 3.49. The molecule has 0 saturated heterocycles. The molecule has 0 atom stereocenters. The van der Waals surface area contributed by atoms with Crippen LogP contribution in [0.1, 0.15) is 42.5 Å². The predicted molar refractivity (Wildman–Crippen MR) is 131 cm³/mol. The number of hydrogen-bond donors (Lipinski definition) is 1. The molecule has 4 aromatic rings. The quantitative estimate of drug-likeness (QED) is 0.360. The van der Waals surface area contributed by atoms with Gasteiger partial charge in [-0.3, -0.25) is 0 Å². The van der Waals surface area contributed by atoms with E-state index in [2.05, 4.69) is 104 Å². The van der Waals surface area contributed by atoms with Gasteiger partial charge in [-0.05, 0) is 76.4 Å². The highest BCUT2D eigenvalue weighted by Gasteiger charge is 2.35. The maximum Gasteiger partial charge on any atom is 0.0466 e. The summed E-state index contributed by atoms with van der Waals surface area (Å²) in [4.78, 5) is 0. The molecule has 2 aliphatic rings. The number of fused-ring (bicyclic) bond motifs is 6. The minimum atomic E-state index is 0.0177. The van der Waals surface area contributed by atoms with Crippen LogP contribution in [0.3, 0.4) is 0 Å². The van der Waals surface area contributed by atoms with Crippen molar-refractivity contribution in [3.05, 3.63) is 107 Å². The van der Waals surface area contributed by atoms with Gasteiger partial charge in [0.1, 0.15) is 0 Å². The highest BCUT2D eigenvalue weighted by Crippen LogP contribution is 2.49. The third kappa shape index (κ3) is 2.84. The third-order valence-corrected chi connectivity index (χ3v) is 7.19. The summed E-state index contributed by atoms with van der Waals surface area (Å²) in [5, 5.41) is 3.79. The standard InChI is InChI=1S/C30H27N/c1-30(2)26-15-6-5-14-24(26)25-18-17-22(19-27(25)30)31-28-16-8-12-21-11-7-10-20-9-3-4-13-23(20)29(21)28/h3-6,8-9,12-19,31H,7,10-11H2,1-2H3. The average molecular weight is 402 g/mol. The number of benzene rings is 4. The van der Waals surface area contributed by atoms with Crippen molar-refractivity contribution in [2.45, 2.75) is 38.5 Å². The molecule has 0 aliphatic heterocycles. The van der Waals surface area contributed by atoms with Gasteiger partial charge >= 0.3 is 0 Å². The van der Waals surface area contributed by atoms with E-state index in [1.54, 1.807) is 0 Å². The first-order chi connectivity index (χ1) is 15.1. The Morgan fingerprint density at radius 3 is 2.26 bits per heavy atom. The zero-order valence-electron chi connectivity index (χ0n) is 18.2. The minimum Gasteiger partial charge on any atom is -0.355 e. The summed E-state index contributed by atoms with van der Waals surface area (Å²) in [5.74, 6) is 0. The van der Waals surface area contributed by atoms with Gasteiger partial charge < -0.3 is 5.32 Å². The summed E-state index contributed by atoms with van der Waals surface area (Å²) in [6.45, 7) is 4.68. The lowest BCUT2D eigenvalue weighted by Gasteiger charge is -2.22. The van der Waals surface area contributed by atoms with Crippen LogP contribution in [0.5, 0.6) is 0 Å². The van der Waals surface area contributed by atoms with Gasteiger partial charge in [0.15, 0.2) is 0 Å². The Bertz CT molecular complexity index is 1310. The van der Waals surface area contributed by atoms with Gasteiger partial charge in [-0.2, -0.15) is 0 Å². The van der Waals surface area contributed by atoms with E-state index in [0.29, 0.717) is 0 Å². The van der Waals surface area contributed by atoms with Crippen LogP contribution in [0.25, 0.3) is 22.3 Å². The molecule has 6 rings (SSSR count). The number of rotatable bonds is 2. The Labute approximate surface area is 184 Å². The Morgan fingerprint density at radius 1 is 0.645 bits per heavy atom. The van der Waals surface area contributed by atoms with Crippen molar-refractivity contribution in [2.24, 2.45) is 0 Å². The van der Waals surface area contributed by atoms with Crippen molar-refractivity contribution < 1.29 is 0 Å². The van der Waals surface area contributed by atoms with E-state index < -0.39 is 0 Å². The predicted octanol–water partition coefficient (Wildman–Crippen LogP) is 7.89. The van der Waals surface area contributed by atoms with Crippen molar-refractivity contribution in [3.8, 4) is 22.3 Å². The SMILES string of the molecule is CC1(C)c2ccccc2-c2ccc(Nc3cccc4c3-c3ccccc3CCC4)cc21. The van der Waals surface area contributed by atoms with Crippen molar-refractivity contribution in [3.63, 3.8) is 0 Å². The van der Waals surface area contributed by atoms with Gasteiger partial charge in [-0.25, -0.2) is 0 Å². The molecule has 1 nitrogen and oxygen atoms in total. The van der Waals surface area contributed by atoms with E-state index in [-0.39, 0.29) is 5.41 Å². The monoisotopic (exact) mass is 401 g/mol. The zero-order valence-corrected chi connectivity index (χ0v) is 18.2. The minimum absolute atomic E-state index is 0.0177. The summed E-state index contributed by atoms with van der Waals surface area (Å²) in [6, 6.07) is 31.3. The van der Waals surface area contributed by atoms with Gasteiger partial charge in [0.05, 0.1) is 0 Å². The van der Waals surface area contributed by atoms with E-state index in [4.69, 9.17) is 0 Å². The first-order valence-corrected chi connectivity index (χ1v) is 11.3. The Balaban J connectivity index is 1.45. The summed E-state index contributed by atoms with van der Waals surface area (Å²) in [5.41, 5.74) is 13.6. The van der Waals surface area contributed by atoms with Crippen LogP contribution in [0.15, 0.2) is 84.9 Å². The molecule has 31 heavy (non-hydrogen) atoms. The van der Waals surface area contributed by atoms with Crippen LogP contribution < -0.4 is 5.32 Å². The van der Waals surface area contributed by atoms with Gasteiger partial charge in [-0.15, -0.1) is 0 Å². The van der Waals surface area contributed by atoms with Gasteiger partial charge in [0, 0.05) is 22.4 Å². The second-order valence-corrected chi connectivity index (χ2v) is 9.41. The second kappa shape index (κ2) is 6.85. The Hall–Kier alpha value is -3.32. The number of aryl methyl sites for hydroxylation is 2. The van der Waals surface area contributed by atoms with E-state index in [1.807, 2.05) is 0 Å². The summed E-state index contributed by atoms with van der Waals surface area (Å²) >= 11 is 0. The van der Waals surface area contributed by atoms with Crippen LogP contribution in [0.4, 0.5) is 11.4 Å². The van der Waals surface area contributed by atoms with Crippen LogP contribution in [0, 0.1) is 0 Å². The van der Waals surface area contributed by atoms with Crippen LogP contribution in [-0.4, -0.2) is 0 Å². The topological polar surface area (TPSA) is 12.0 Å². The molecule has 0 aromatic heterocycles. The molecule has 1 N–H and O–H groups in total. The van der Waals surface area contributed by atoms with Crippen molar-refractivity contribution in [1.82, 2.24) is 0 Å². The molecule has 0 radical (unpaired) electrons. The molecule has 0 saturated carbocycles. The zero-order chi connectivity index (χ0) is 21.0.